The summed E-state index contributed by atoms with van der Waals surface area (Å²) in [6.07, 6.45) is 1.64. The molecule has 0 fully saturated rings. The van der Waals surface area contributed by atoms with Gasteiger partial charge in [-0.3, -0.25) is 15.1 Å². The first-order valence-corrected chi connectivity index (χ1v) is 9.62. The fourth-order valence-corrected chi connectivity index (χ4v) is 3.26. The maximum atomic E-state index is 10.7. The molecule has 0 amide bonds. The van der Waals surface area contributed by atoms with E-state index >= 15 is 0 Å². The van der Waals surface area contributed by atoms with Gasteiger partial charge in [0, 0.05) is 23.4 Å². The summed E-state index contributed by atoms with van der Waals surface area (Å²) in [4.78, 5) is 14.6. The van der Waals surface area contributed by atoms with Crippen LogP contribution in [0.2, 0.25) is 15.1 Å². The highest BCUT2D eigenvalue weighted by Crippen LogP contribution is 2.34. The molecule has 0 spiro atoms. The van der Waals surface area contributed by atoms with Crippen LogP contribution < -0.4 is 4.74 Å². The van der Waals surface area contributed by atoms with Crippen molar-refractivity contribution in [2.75, 3.05) is 0 Å². The Morgan fingerprint density at radius 3 is 2.24 bits per heavy atom. The third-order valence-electron chi connectivity index (χ3n) is 4.07. The molecular formula is C21H15Cl3N2O3. The Morgan fingerprint density at radius 1 is 1.00 bits per heavy atom. The minimum atomic E-state index is -0.455. The van der Waals surface area contributed by atoms with E-state index in [1.807, 2.05) is 19.1 Å². The van der Waals surface area contributed by atoms with Gasteiger partial charge in [-0.05, 0) is 60.0 Å². The summed E-state index contributed by atoms with van der Waals surface area (Å²) in [6, 6.07) is 15.0. The highest BCUT2D eigenvalue weighted by molar-refractivity contribution is 6.37. The molecule has 29 heavy (non-hydrogen) atoms. The van der Waals surface area contributed by atoms with Gasteiger partial charge in [0.05, 0.1) is 20.7 Å². The lowest BCUT2D eigenvalue weighted by atomic mass is 10.2. The van der Waals surface area contributed by atoms with Crippen molar-refractivity contribution < 1.29 is 9.66 Å². The van der Waals surface area contributed by atoms with E-state index < -0.39 is 4.92 Å². The third kappa shape index (κ3) is 5.48. The summed E-state index contributed by atoms with van der Waals surface area (Å²) < 4.78 is 5.70. The fourth-order valence-electron chi connectivity index (χ4n) is 2.47. The monoisotopic (exact) mass is 448 g/mol. The van der Waals surface area contributed by atoms with Gasteiger partial charge in [-0.1, -0.05) is 40.9 Å². The smallest absolute Gasteiger partial charge is 0.269 e. The summed E-state index contributed by atoms with van der Waals surface area (Å²) in [7, 11) is 0. The molecule has 0 saturated carbocycles. The number of non-ortho nitro benzene ring substituents is 1. The molecule has 0 saturated heterocycles. The van der Waals surface area contributed by atoms with Crippen LogP contribution in [0, 0.1) is 17.0 Å². The number of halogens is 3. The summed E-state index contributed by atoms with van der Waals surface area (Å²) in [5.74, 6) is 0.335. The Morgan fingerprint density at radius 2 is 1.66 bits per heavy atom. The van der Waals surface area contributed by atoms with E-state index in [0.29, 0.717) is 32.1 Å². The summed E-state index contributed by atoms with van der Waals surface area (Å²) in [5, 5.41) is 12.0. The van der Waals surface area contributed by atoms with Gasteiger partial charge < -0.3 is 4.74 Å². The number of nitro benzene ring substituents is 1. The van der Waals surface area contributed by atoms with Crippen molar-refractivity contribution in [3.8, 4) is 5.75 Å². The lowest BCUT2D eigenvalue weighted by molar-refractivity contribution is -0.384. The second-order valence-electron chi connectivity index (χ2n) is 6.22. The van der Waals surface area contributed by atoms with Crippen molar-refractivity contribution in [3.05, 3.63) is 96.5 Å². The molecular weight excluding hydrogens is 435 g/mol. The number of ether oxygens (including phenoxy) is 1. The molecule has 0 aliphatic rings. The van der Waals surface area contributed by atoms with Crippen molar-refractivity contribution in [1.82, 2.24) is 0 Å². The Bertz CT molecular complexity index is 1060. The van der Waals surface area contributed by atoms with Gasteiger partial charge in [-0.15, -0.1) is 0 Å². The molecule has 0 N–H and O–H groups in total. The number of hydrogen-bond acceptors (Lipinski definition) is 4. The van der Waals surface area contributed by atoms with Crippen LogP contribution in [0.5, 0.6) is 5.75 Å². The van der Waals surface area contributed by atoms with Gasteiger partial charge in [-0.2, -0.15) is 0 Å². The Hall–Kier alpha value is -2.60. The maximum absolute atomic E-state index is 10.7. The van der Waals surface area contributed by atoms with Gasteiger partial charge in [-0.25, -0.2) is 0 Å². The molecule has 5 nitrogen and oxygen atoms in total. The standard InChI is InChI=1S/C21H15Cl3N2O3/c1-13-2-5-16(10-18(13)22)25-11-15-8-19(23)21(20(24)9-15)29-12-14-3-6-17(7-4-14)26(27)28/h2-11H,12H2,1H3. The summed E-state index contributed by atoms with van der Waals surface area (Å²) in [5.41, 5.74) is 3.17. The van der Waals surface area contributed by atoms with Crippen LogP contribution in [-0.4, -0.2) is 11.1 Å². The third-order valence-corrected chi connectivity index (χ3v) is 5.04. The lowest BCUT2D eigenvalue weighted by Crippen LogP contribution is -1.98. The normalized spacial score (nSPS) is 11.0. The molecule has 0 aliphatic carbocycles. The van der Waals surface area contributed by atoms with Crippen molar-refractivity contribution in [1.29, 1.82) is 0 Å². The summed E-state index contributed by atoms with van der Waals surface area (Å²) >= 11 is 18.7. The number of hydrogen-bond donors (Lipinski definition) is 0. The molecule has 3 aromatic rings. The number of aliphatic imine (C=N–C) groups is 1. The quantitative estimate of drug-likeness (QED) is 0.227. The molecule has 0 unspecified atom stereocenters. The zero-order chi connectivity index (χ0) is 21.0. The average Bonchev–Trinajstić information content (AvgIpc) is 2.68. The molecule has 8 heteroatoms. The Labute approximate surface area is 182 Å². The second-order valence-corrected chi connectivity index (χ2v) is 7.44. The van der Waals surface area contributed by atoms with Crippen LogP contribution >= 0.6 is 34.8 Å². The first-order valence-electron chi connectivity index (χ1n) is 8.49. The van der Waals surface area contributed by atoms with Crippen molar-refractivity contribution in [3.63, 3.8) is 0 Å². The van der Waals surface area contributed by atoms with Crippen molar-refractivity contribution in [2.45, 2.75) is 13.5 Å². The molecule has 3 rings (SSSR count). The first kappa shape index (κ1) is 21.1. The van der Waals surface area contributed by atoms with E-state index in [4.69, 9.17) is 39.5 Å². The van der Waals surface area contributed by atoms with E-state index in [-0.39, 0.29) is 12.3 Å². The minimum absolute atomic E-state index is 0.0170. The second kappa shape index (κ2) is 9.27. The molecule has 0 heterocycles. The lowest BCUT2D eigenvalue weighted by Gasteiger charge is -2.11. The van der Waals surface area contributed by atoms with E-state index in [9.17, 15) is 10.1 Å². The predicted molar refractivity (Wildman–Crippen MR) is 117 cm³/mol. The van der Waals surface area contributed by atoms with Crippen molar-refractivity contribution in [2.24, 2.45) is 4.99 Å². The number of nitro groups is 1. The predicted octanol–water partition coefficient (Wildman–Crippen LogP) is 7.19. The van der Waals surface area contributed by atoms with Gasteiger partial charge >= 0.3 is 0 Å². The van der Waals surface area contributed by atoms with E-state index in [1.165, 1.54) is 12.1 Å². The molecule has 0 aromatic heterocycles. The summed E-state index contributed by atoms with van der Waals surface area (Å²) in [6.45, 7) is 2.09. The van der Waals surface area contributed by atoms with Crippen LogP contribution in [0.4, 0.5) is 11.4 Å². The number of rotatable bonds is 6. The maximum Gasteiger partial charge on any atom is 0.269 e. The highest BCUT2D eigenvalue weighted by Gasteiger charge is 2.11. The van der Waals surface area contributed by atoms with Crippen LogP contribution in [0.1, 0.15) is 16.7 Å². The van der Waals surface area contributed by atoms with Gasteiger partial charge in [0.2, 0.25) is 0 Å². The minimum Gasteiger partial charge on any atom is -0.486 e. The zero-order valence-corrected chi connectivity index (χ0v) is 17.5. The highest BCUT2D eigenvalue weighted by atomic mass is 35.5. The van der Waals surface area contributed by atoms with Crippen LogP contribution in [0.25, 0.3) is 0 Å². The first-order chi connectivity index (χ1) is 13.8. The van der Waals surface area contributed by atoms with Crippen LogP contribution in [0.15, 0.2) is 59.6 Å². The van der Waals surface area contributed by atoms with Gasteiger partial charge in [0.25, 0.3) is 5.69 Å². The Kier molecular flexibility index (Phi) is 6.75. The van der Waals surface area contributed by atoms with Gasteiger partial charge in [0.15, 0.2) is 5.75 Å². The largest absolute Gasteiger partial charge is 0.486 e. The molecule has 0 radical (unpaired) electrons. The Balaban J connectivity index is 1.72. The SMILES string of the molecule is Cc1ccc(N=Cc2cc(Cl)c(OCc3ccc([N+](=O)[O-])cc3)c(Cl)c2)cc1Cl. The average molecular weight is 450 g/mol. The molecule has 3 aromatic carbocycles. The topological polar surface area (TPSA) is 64.7 Å². The number of aryl methyl sites for hydroxylation is 1. The van der Waals surface area contributed by atoms with E-state index in [1.54, 1.807) is 36.5 Å². The van der Waals surface area contributed by atoms with E-state index in [0.717, 1.165) is 11.1 Å². The number of benzene rings is 3. The molecule has 148 valence electrons. The van der Waals surface area contributed by atoms with Crippen LogP contribution in [-0.2, 0) is 6.61 Å². The zero-order valence-electron chi connectivity index (χ0n) is 15.2. The molecule has 0 bridgehead atoms. The number of nitrogens with zero attached hydrogens (tertiary/aromatic N) is 2. The van der Waals surface area contributed by atoms with Gasteiger partial charge in [0.1, 0.15) is 6.61 Å². The molecule has 0 aliphatic heterocycles. The van der Waals surface area contributed by atoms with E-state index in [2.05, 4.69) is 4.99 Å². The van der Waals surface area contributed by atoms with Crippen molar-refractivity contribution >= 4 is 52.4 Å². The van der Waals surface area contributed by atoms with Crippen LogP contribution in [0.3, 0.4) is 0 Å². The fraction of sp³-hybridized carbons (Fsp3) is 0.0952. The molecule has 0 atom stereocenters.